The van der Waals surface area contributed by atoms with E-state index in [1.807, 2.05) is 0 Å². The molecule has 0 heterocycles. The van der Waals surface area contributed by atoms with Gasteiger partial charge in [0, 0.05) is 9.64 Å². The van der Waals surface area contributed by atoms with Crippen molar-refractivity contribution >= 4 is 34.4 Å². The molecular formula is C12H16INO3. The monoisotopic (exact) mass is 349 g/mol. The first kappa shape index (κ1) is 14.1. The predicted molar refractivity (Wildman–Crippen MR) is 75.4 cm³/mol. The van der Waals surface area contributed by atoms with Crippen molar-refractivity contribution in [2.24, 2.45) is 0 Å². The molecule has 0 saturated heterocycles. The number of aryl methyl sites for hydroxylation is 1. The van der Waals surface area contributed by atoms with E-state index in [2.05, 4.69) is 27.9 Å². The fourth-order valence-electron chi connectivity index (χ4n) is 1.17. The Labute approximate surface area is 115 Å². The number of nitrogens with one attached hydrogen (secondary N) is 1. The molecule has 0 saturated carbocycles. The Morgan fingerprint density at radius 1 is 1.41 bits per heavy atom. The standard InChI is InChI=1S/C12H16INO3/c1-7-5-8(13)9(6-10(7)15)14-11(16)17-12(2,3)4/h5-6,15H,1-4H3,(H,14,16). The van der Waals surface area contributed by atoms with E-state index in [0.29, 0.717) is 5.69 Å². The van der Waals surface area contributed by atoms with Gasteiger partial charge >= 0.3 is 6.09 Å². The molecule has 0 aromatic heterocycles. The number of phenols is 1. The molecule has 0 radical (unpaired) electrons. The summed E-state index contributed by atoms with van der Waals surface area (Å²) in [5.74, 6) is 0.150. The molecule has 0 aliphatic heterocycles. The van der Waals surface area contributed by atoms with Crippen LogP contribution in [0.1, 0.15) is 26.3 Å². The summed E-state index contributed by atoms with van der Waals surface area (Å²) in [5.41, 5.74) is 0.773. The van der Waals surface area contributed by atoms with Gasteiger partial charge in [-0.05, 0) is 61.9 Å². The molecule has 1 aromatic carbocycles. The number of carbonyl (C=O) groups is 1. The molecule has 0 spiro atoms. The van der Waals surface area contributed by atoms with Crippen molar-refractivity contribution < 1.29 is 14.6 Å². The molecule has 94 valence electrons. The number of phenolic OH excluding ortho intramolecular Hbond substituents is 1. The normalized spacial score (nSPS) is 11.1. The summed E-state index contributed by atoms with van der Waals surface area (Å²) in [6.45, 7) is 7.19. The van der Waals surface area contributed by atoms with Crippen LogP contribution in [-0.4, -0.2) is 16.8 Å². The van der Waals surface area contributed by atoms with Crippen molar-refractivity contribution in [2.75, 3.05) is 5.32 Å². The topological polar surface area (TPSA) is 58.6 Å². The van der Waals surface area contributed by atoms with Crippen LogP contribution >= 0.6 is 22.6 Å². The highest BCUT2D eigenvalue weighted by Crippen LogP contribution is 2.27. The van der Waals surface area contributed by atoms with Crippen LogP contribution < -0.4 is 5.32 Å². The number of amides is 1. The van der Waals surface area contributed by atoms with Crippen molar-refractivity contribution in [3.8, 4) is 5.75 Å². The Balaban J connectivity index is 2.82. The number of hydrogen-bond acceptors (Lipinski definition) is 3. The second kappa shape index (κ2) is 5.12. The van der Waals surface area contributed by atoms with Gasteiger partial charge in [-0.15, -0.1) is 0 Å². The zero-order valence-electron chi connectivity index (χ0n) is 10.3. The maximum Gasteiger partial charge on any atom is 0.412 e. The maximum atomic E-state index is 11.6. The van der Waals surface area contributed by atoms with Crippen LogP contribution in [-0.2, 0) is 4.74 Å². The van der Waals surface area contributed by atoms with Crippen molar-refractivity contribution in [2.45, 2.75) is 33.3 Å². The Morgan fingerprint density at radius 3 is 2.53 bits per heavy atom. The molecule has 2 N–H and O–H groups in total. The minimum atomic E-state index is -0.539. The Bertz CT molecular complexity index is 438. The van der Waals surface area contributed by atoms with Gasteiger partial charge in [0.25, 0.3) is 0 Å². The molecule has 0 atom stereocenters. The summed E-state index contributed by atoms with van der Waals surface area (Å²) in [5, 5.41) is 12.2. The van der Waals surface area contributed by atoms with E-state index in [-0.39, 0.29) is 5.75 Å². The van der Waals surface area contributed by atoms with Crippen molar-refractivity contribution in [1.29, 1.82) is 0 Å². The lowest BCUT2D eigenvalue weighted by Crippen LogP contribution is -2.27. The number of rotatable bonds is 1. The molecule has 0 aliphatic carbocycles. The maximum absolute atomic E-state index is 11.6. The van der Waals surface area contributed by atoms with E-state index >= 15 is 0 Å². The molecule has 0 unspecified atom stereocenters. The lowest BCUT2D eigenvalue weighted by Gasteiger charge is -2.20. The minimum absolute atomic E-state index is 0.150. The molecular weight excluding hydrogens is 333 g/mol. The second-order valence-corrected chi connectivity index (χ2v) is 5.91. The smallest absolute Gasteiger partial charge is 0.412 e. The molecule has 0 aliphatic rings. The Kier molecular flexibility index (Phi) is 4.24. The van der Waals surface area contributed by atoms with E-state index in [0.717, 1.165) is 9.13 Å². The van der Waals surface area contributed by atoms with Gasteiger partial charge in [-0.1, -0.05) is 0 Å². The van der Waals surface area contributed by atoms with E-state index in [1.54, 1.807) is 33.8 Å². The number of aromatic hydroxyl groups is 1. The first-order valence-corrected chi connectivity index (χ1v) is 6.26. The molecule has 0 bridgehead atoms. The Hall–Kier alpha value is -0.980. The number of carbonyl (C=O) groups excluding carboxylic acids is 1. The highest BCUT2D eigenvalue weighted by Gasteiger charge is 2.17. The molecule has 1 rings (SSSR count). The third kappa shape index (κ3) is 4.41. The predicted octanol–water partition coefficient (Wildman–Crippen LogP) is 3.65. The van der Waals surface area contributed by atoms with Crippen LogP contribution in [0, 0.1) is 10.5 Å². The van der Waals surface area contributed by atoms with Crippen LogP contribution in [0.15, 0.2) is 12.1 Å². The lowest BCUT2D eigenvalue weighted by atomic mass is 10.2. The lowest BCUT2D eigenvalue weighted by molar-refractivity contribution is 0.0636. The van der Waals surface area contributed by atoms with Gasteiger partial charge < -0.3 is 9.84 Å². The molecule has 5 heteroatoms. The van der Waals surface area contributed by atoms with E-state index < -0.39 is 11.7 Å². The third-order valence-corrected chi connectivity index (χ3v) is 2.81. The van der Waals surface area contributed by atoms with E-state index in [9.17, 15) is 9.90 Å². The van der Waals surface area contributed by atoms with Gasteiger partial charge in [0.1, 0.15) is 11.4 Å². The van der Waals surface area contributed by atoms with Crippen molar-refractivity contribution in [1.82, 2.24) is 0 Å². The number of benzene rings is 1. The average molecular weight is 349 g/mol. The van der Waals surface area contributed by atoms with E-state index in [1.165, 1.54) is 6.07 Å². The summed E-state index contributed by atoms with van der Waals surface area (Å²) in [4.78, 5) is 11.6. The fraction of sp³-hybridized carbons (Fsp3) is 0.417. The first-order chi connectivity index (χ1) is 7.69. The van der Waals surface area contributed by atoms with Crippen LogP contribution in [0.5, 0.6) is 5.75 Å². The number of hydrogen-bond donors (Lipinski definition) is 2. The average Bonchev–Trinajstić information content (AvgIpc) is 2.11. The Morgan fingerprint density at radius 2 is 2.00 bits per heavy atom. The number of halogens is 1. The summed E-state index contributed by atoms with van der Waals surface area (Å²) < 4.78 is 5.98. The van der Waals surface area contributed by atoms with Crippen LogP contribution in [0.4, 0.5) is 10.5 Å². The highest BCUT2D eigenvalue weighted by atomic mass is 127. The summed E-state index contributed by atoms with van der Waals surface area (Å²) in [6, 6.07) is 3.31. The van der Waals surface area contributed by atoms with Gasteiger partial charge in [0.2, 0.25) is 0 Å². The van der Waals surface area contributed by atoms with Crippen LogP contribution in [0.3, 0.4) is 0 Å². The summed E-state index contributed by atoms with van der Waals surface area (Å²) >= 11 is 2.09. The first-order valence-electron chi connectivity index (χ1n) is 5.18. The minimum Gasteiger partial charge on any atom is -0.508 e. The second-order valence-electron chi connectivity index (χ2n) is 4.75. The zero-order valence-corrected chi connectivity index (χ0v) is 12.5. The SMILES string of the molecule is Cc1cc(I)c(NC(=O)OC(C)(C)C)cc1O. The van der Waals surface area contributed by atoms with E-state index in [4.69, 9.17) is 4.74 Å². The van der Waals surface area contributed by atoms with Crippen LogP contribution in [0.25, 0.3) is 0 Å². The summed E-state index contributed by atoms with van der Waals surface area (Å²) in [6.07, 6.45) is -0.529. The molecule has 4 nitrogen and oxygen atoms in total. The molecule has 0 fully saturated rings. The van der Waals surface area contributed by atoms with Gasteiger partial charge in [-0.3, -0.25) is 5.32 Å². The largest absolute Gasteiger partial charge is 0.508 e. The van der Waals surface area contributed by atoms with Crippen molar-refractivity contribution in [3.05, 3.63) is 21.3 Å². The molecule has 1 aromatic rings. The zero-order chi connectivity index (χ0) is 13.2. The van der Waals surface area contributed by atoms with Crippen LogP contribution in [0.2, 0.25) is 0 Å². The quantitative estimate of drug-likeness (QED) is 0.761. The molecule has 1 amide bonds. The van der Waals surface area contributed by atoms with Gasteiger partial charge in [-0.2, -0.15) is 0 Å². The number of ether oxygens (including phenoxy) is 1. The van der Waals surface area contributed by atoms with Gasteiger partial charge in [0.05, 0.1) is 5.69 Å². The molecule has 17 heavy (non-hydrogen) atoms. The third-order valence-electron chi connectivity index (χ3n) is 1.92. The number of anilines is 1. The fourth-order valence-corrected chi connectivity index (χ4v) is 1.93. The van der Waals surface area contributed by atoms with Crippen molar-refractivity contribution in [3.63, 3.8) is 0 Å². The summed E-state index contributed by atoms with van der Waals surface area (Å²) in [7, 11) is 0. The van der Waals surface area contributed by atoms with Gasteiger partial charge in [0.15, 0.2) is 0 Å². The highest BCUT2D eigenvalue weighted by molar-refractivity contribution is 14.1. The van der Waals surface area contributed by atoms with Gasteiger partial charge in [-0.25, -0.2) is 4.79 Å².